The van der Waals surface area contributed by atoms with Gasteiger partial charge in [0.1, 0.15) is 26.3 Å². The summed E-state index contributed by atoms with van der Waals surface area (Å²) in [4.78, 5) is 23.5. The number of hydrogen-bond acceptors (Lipinski definition) is 4. The Balaban J connectivity index is 0. The van der Waals surface area contributed by atoms with Gasteiger partial charge < -0.3 is 66.4 Å². The SMILES string of the molecule is C[N+](C)(C)CCOC(=O)CC1CC1CC(=O)OCC[N+](C)(C)C.[I-].[I-]. The van der Waals surface area contributed by atoms with Crippen LogP contribution in [0.5, 0.6) is 0 Å². The fourth-order valence-electron chi connectivity index (χ4n) is 2.22. The number of rotatable bonds is 10. The van der Waals surface area contributed by atoms with Crippen LogP contribution in [0.1, 0.15) is 19.3 Å². The lowest BCUT2D eigenvalue weighted by Gasteiger charge is -2.23. The Labute approximate surface area is 186 Å². The lowest BCUT2D eigenvalue weighted by molar-refractivity contribution is -0.870. The van der Waals surface area contributed by atoms with Crippen molar-refractivity contribution >= 4 is 11.9 Å². The highest BCUT2D eigenvalue weighted by Crippen LogP contribution is 2.44. The van der Waals surface area contributed by atoms with E-state index in [1.165, 1.54) is 0 Å². The molecule has 0 heterocycles. The first kappa shape index (κ1) is 27.5. The van der Waals surface area contributed by atoms with E-state index in [0.717, 1.165) is 28.5 Å². The summed E-state index contributed by atoms with van der Waals surface area (Å²) in [5.41, 5.74) is 0. The van der Waals surface area contributed by atoms with Gasteiger partial charge in [-0.05, 0) is 18.3 Å². The first-order chi connectivity index (χ1) is 10.5. The van der Waals surface area contributed by atoms with E-state index in [9.17, 15) is 9.59 Å². The van der Waals surface area contributed by atoms with Gasteiger partial charge in [0.2, 0.25) is 0 Å². The molecule has 2 unspecified atom stereocenters. The van der Waals surface area contributed by atoms with E-state index < -0.39 is 0 Å². The largest absolute Gasteiger partial charge is 1.00 e. The molecule has 2 atom stereocenters. The van der Waals surface area contributed by atoms with Crippen molar-refractivity contribution in [1.29, 1.82) is 0 Å². The van der Waals surface area contributed by atoms with Crippen molar-refractivity contribution in [3.05, 3.63) is 0 Å². The summed E-state index contributed by atoms with van der Waals surface area (Å²) in [5, 5.41) is 0. The number of carbonyl (C=O) groups is 2. The first-order valence-corrected chi connectivity index (χ1v) is 8.38. The van der Waals surface area contributed by atoms with E-state index in [4.69, 9.17) is 9.47 Å². The molecule has 1 rings (SSSR count). The molecule has 0 bridgehead atoms. The van der Waals surface area contributed by atoms with Gasteiger partial charge >= 0.3 is 11.9 Å². The topological polar surface area (TPSA) is 52.6 Å². The highest BCUT2D eigenvalue weighted by molar-refractivity contribution is 5.72. The number of esters is 2. The van der Waals surface area contributed by atoms with Crippen LogP contribution in [0, 0.1) is 11.8 Å². The Bertz CT molecular complexity index is 382. The third-order valence-corrected chi connectivity index (χ3v) is 3.98. The van der Waals surface area contributed by atoms with Gasteiger partial charge in [0, 0.05) is 12.8 Å². The number of likely N-dealkylation sites (N-methyl/N-ethyl adjacent to an activating group) is 2. The fraction of sp³-hybridized carbons (Fsp3) is 0.882. The molecule has 0 radical (unpaired) electrons. The smallest absolute Gasteiger partial charge is 0.306 e. The van der Waals surface area contributed by atoms with E-state index in [0.29, 0.717) is 26.1 Å². The summed E-state index contributed by atoms with van der Waals surface area (Å²) in [6.07, 6.45) is 1.77. The van der Waals surface area contributed by atoms with Crippen LogP contribution < -0.4 is 48.0 Å². The van der Waals surface area contributed by atoms with Crippen molar-refractivity contribution in [1.82, 2.24) is 0 Å². The molecule has 1 fully saturated rings. The molecule has 1 aliphatic rings. The monoisotopic (exact) mass is 584 g/mol. The summed E-state index contributed by atoms with van der Waals surface area (Å²) in [5.74, 6) is 0.281. The van der Waals surface area contributed by atoms with Crippen LogP contribution in [0.2, 0.25) is 0 Å². The van der Waals surface area contributed by atoms with Crippen molar-refractivity contribution in [3.63, 3.8) is 0 Å². The zero-order chi connectivity index (χ0) is 17.7. The second kappa shape index (κ2) is 11.9. The minimum atomic E-state index is -0.149. The second-order valence-electron chi connectivity index (χ2n) is 8.63. The summed E-state index contributed by atoms with van der Waals surface area (Å²) < 4.78 is 12.1. The van der Waals surface area contributed by atoms with E-state index in [2.05, 4.69) is 42.3 Å². The average Bonchev–Trinajstić information content (AvgIpc) is 3.03. The molecular weight excluding hydrogens is 550 g/mol. The highest BCUT2D eigenvalue weighted by atomic mass is 127. The van der Waals surface area contributed by atoms with Crippen LogP contribution in [0.4, 0.5) is 0 Å². The molecule has 0 aromatic carbocycles. The summed E-state index contributed by atoms with van der Waals surface area (Å²) >= 11 is 0. The number of quaternary nitrogens is 2. The molecular formula is C17H34I2N2O4. The maximum Gasteiger partial charge on any atom is 0.306 e. The minimum absolute atomic E-state index is 0. The van der Waals surface area contributed by atoms with Gasteiger partial charge in [0.15, 0.2) is 0 Å². The van der Waals surface area contributed by atoms with Gasteiger partial charge in [-0.2, -0.15) is 0 Å². The summed E-state index contributed by atoms with van der Waals surface area (Å²) in [6, 6.07) is 0. The predicted molar refractivity (Wildman–Crippen MR) is 88.5 cm³/mol. The van der Waals surface area contributed by atoms with Crippen LogP contribution in [0.25, 0.3) is 0 Å². The number of carbonyl (C=O) groups excluding carboxylic acids is 2. The molecule has 0 aromatic heterocycles. The Morgan fingerprint density at radius 1 is 0.760 bits per heavy atom. The van der Waals surface area contributed by atoms with Gasteiger partial charge in [-0.1, -0.05) is 0 Å². The Hall–Kier alpha value is 0.320. The second-order valence-corrected chi connectivity index (χ2v) is 8.63. The molecule has 6 nitrogen and oxygen atoms in total. The minimum Gasteiger partial charge on any atom is -1.00 e. The first-order valence-electron chi connectivity index (χ1n) is 8.38. The Morgan fingerprint density at radius 2 is 1.08 bits per heavy atom. The van der Waals surface area contributed by atoms with Gasteiger partial charge in [0.25, 0.3) is 0 Å². The fourth-order valence-corrected chi connectivity index (χ4v) is 2.22. The molecule has 0 saturated heterocycles. The van der Waals surface area contributed by atoms with E-state index in [-0.39, 0.29) is 71.7 Å². The van der Waals surface area contributed by atoms with Crippen molar-refractivity contribution < 1.29 is 76.0 Å². The number of nitrogens with zero attached hydrogens (tertiary/aromatic N) is 2. The number of ether oxygens (including phenoxy) is 2. The zero-order valence-corrected chi connectivity index (χ0v) is 20.7. The van der Waals surface area contributed by atoms with Crippen LogP contribution in [-0.2, 0) is 19.1 Å². The quantitative estimate of drug-likeness (QED) is 0.147. The molecule has 0 amide bonds. The molecule has 0 spiro atoms. The maximum atomic E-state index is 11.7. The normalized spacial score (nSPS) is 19.3. The van der Waals surface area contributed by atoms with Gasteiger partial charge in [-0.25, -0.2) is 0 Å². The van der Waals surface area contributed by atoms with Crippen LogP contribution >= 0.6 is 0 Å². The zero-order valence-electron chi connectivity index (χ0n) is 16.4. The van der Waals surface area contributed by atoms with E-state index >= 15 is 0 Å². The average molecular weight is 584 g/mol. The molecule has 150 valence electrons. The molecule has 8 heteroatoms. The van der Waals surface area contributed by atoms with Crippen LogP contribution in [-0.4, -0.2) is 89.5 Å². The molecule has 1 aliphatic carbocycles. The van der Waals surface area contributed by atoms with E-state index in [1.54, 1.807) is 0 Å². The molecule has 0 N–H and O–H groups in total. The third-order valence-electron chi connectivity index (χ3n) is 3.98. The Kier molecular flexibility index (Phi) is 13.1. The number of halogens is 2. The van der Waals surface area contributed by atoms with E-state index in [1.807, 2.05) is 0 Å². The summed E-state index contributed by atoms with van der Waals surface area (Å²) in [6.45, 7) is 2.51. The van der Waals surface area contributed by atoms with Crippen molar-refractivity contribution in [2.75, 3.05) is 68.6 Å². The van der Waals surface area contributed by atoms with Crippen LogP contribution in [0.15, 0.2) is 0 Å². The lowest BCUT2D eigenvalue weighted by Crippen LogP contribution is -3.00. The highest BCUT2D eigenvalue weighted by Gasteiger charge is 2.40. The van der Waals surface area contributed by atoms with Crippen molar-refractivity contribution in [2.24, 2.45) is 11.8 Å². The molecule has 25 heavy (non-hydrogen) atoms. The standard InChI is InChI=1S/C17H34N2O4.2HI/c1-18(2,3)7-9-22-16(20)12-14-11-15(14)13-17(21)23-10-8-19(4,5)6;;/h14-15H,7-13H2,1-6H3;2*1H/q+2;;/p-2. The van der Waals surface area contributed by atoms with Crippen molar-refractivity contribution in [2.45, 2.75) is 19.3 Å². The third kappa shape index (κ3) is 15.1. The van der Waals surface area contributed by atoms with Gasteiger partial charge in [0.05, 0.1) is 42.3 Å². The predicted octanol–water partition coefficient (Wildman–Crippen LogP) is -5.09. The van der Waals surface area contributed by atoms with Crippen LogP contribution in [0.3, 0.4) is 0 Å². The van der Waals surface area contributed by atoms with Gasteiger partial charge in [-0.15, -0.1) is 0 Å². The maximum absolute atomic E-state index is 11.7. The Morgan fingerprint density at radius 3 is 1.36 bits per heavy atom. The summed E-state index contributed by atoms with van der Waals surface area (Å²) in [7, 11) is 12.4. The molecule has 1 saturated carbocycles. The number of hydrogen-bond donors (Lipinski definition) is 0. The van der Waals surface area contributed by atoms with Gasteiger partial charge in [-0.3, -0.25) is 9.59 Å². The molecule has 0 aliphatic heterocycles. The lowest BCUT2D eigenvalue weighted by atomic mass is 10.2. The van der Waals surface area contributed by atoms with Crippen molar-refractivity contribution in [3.8, 4) is 0 Å². The molecule has 0 aromatic rings.